The summed E-state index contributed by atoms with van der Waals surface area (Å²) in [6.45, 7) is 1.93. The molecule has 0 aliphatic heterocycles. The Balaban J connectivity index is 2.05. The van der Waals surface area contributed by atoms with Crippen molar-refractivity contribution >= 4 is 11.9 Å². The largest absolute Gasteiger partial charge is 0.465 e. The van der Waals surface area contributed by atoms with Gasteiger partial charge in [0.1, 0.15) is 0 Å². The zero-order valence-corrected chi connectivity index (χ0v) is 12.0. The Morgan fingerprint density at radius 2 is 1.52 bits per heavy atom. The zero-order chi connectivity index (χ0) is 15.2. The third kappa shape index (κ3) is 3.69. The summed E-state index contributed by atoms with van der Waals surface area (Å²) in [4.78, 5) is 23.5. The van der Waals surface area contributed by atoms with E-state index >= 15 is 0 Å². The van der Waals surface area contributed by atoms with Crippen LogP contribution in [0.4, 0.5) is 0 Å². The highest BCUT2D eigenvalue weighted by molar-refractivity contribution is 5.96. The number of nitrogens with one attached hydrogen (secondary N) is 1. The van der Waals surface area contributed by atoms with Crippen LogP contribution < -0.4 is 5.32 Å². The lowest BCUT2D eigenvalue weighted by molar-refractivity contribution is 0.0600. The van der Waals surface area contributed by atoms with Crippen molar-refractivity contribution in [1.29, 1.82) is 0 Å². The lowest BCUT2D eigenvalue weighted by atomic mass is 10.1. The topological polar surface area (TPSA) is 55.4 Å². The molecular formula is C17H17NO3. The molecule has 0 aromatic heterocycles. The van der Waals surface area contributed by atoms with Gasteiger partial charge in [-0.25, -0.2) is 4.79 Å². The molecule has 1 amide bonds. The van der Waals surface area contributed by atoms with E-state index in [1.807, 2.05) is 37.3 Å². The van der Waals surface area contributed by atoms with Crippen molar-refractivity contribution in [2.75, 3.05) is 7.11 Å². The summed E-state index contributed by atoms with van der Waals surface area (Å²) in [6.07, 6.45) is 0. The third-order valence-electron chi connectivity index (χ3n) is 3.22. The molecule has 0 aliphatic carbocycles. The van der Waals surface area contributed by atoms with Gasteiger partial charge in [0.25, 0.3) is 5.91 Å². The minimum atomic E-state index is -0.417. The zero-order valence-electron chi connectivity index (χ0n) is 12.0. The van der Waals surface area contributed by atoms with Gasteiger partial charge in [0.2, 0.25) is 0 Å². The third-order valence-corrected chi connectivity index (χ3v) is 3.22. The Morgan fingerprint density at radius 1 is 0.952 bits per heavy atom. The Hall–Kier alpha value is -2.62. The van der Waals surface area contributed by atoms with Crippen molar-refractivity contribution in [3.05, 3.63) is 71.3 Å². The van der Waals surface area contributed by atoms with Crippen LogP contribution in [0.3, 0.4) is 0 Å². The summed E-state index contributed by atoms with van der Waals surface area (Å²) in [5, 5.41) is 2.92. The Kier molecular flexibility index (Phi) is 4.72. The van der Waals surface area contributed by atoms with E-state index < -0.39 is 5.97 Å². The molecule has 21 heavy (non-hydrogen) atoms. The van der Waals surface area contributed by atoms with E-state index in [2.05, 4.69) is 10.1 Å². The van der Waals surface area contributed by atoms with Crippen molar-refractivity contribution in [1.82, 2.24) is 5.32 Å². The van der Waals surface area contributed by atoms with Crippen LogP contribution in [0.15, 0.2) is 54.6 Å². The first-order valence-electron chi connectivity index (χ1n) is 6.66. The van der Waals surface area contributed by atoms with Crippen molar-refractivity contribution in [3.8, 4) is 0 Å². The lowest BCUT2D eigenvalue weighted by Crippen LogP contribution is -2.26. The highest BCUT2D eigenvalue weighted by atomic mass is 16.5. The molecule has 0 heterocycles. The molecule has 0 saturated heterocycles. The summed E-state index contributed by atoms with van der Waals surface area (Å²) in [7, 11) is 1.32. The summed E-state index contributed by atoms with van der Waals surface area (Å²) in [6, 6.07) is 16.0. The summed E-state index contributed by atoms with van der Waals surface area (Å²) >= 11 is 0. The van der Waals surface area contributed by atoms with Gasteiger partial charge in [0.15, 0.2) is 0 Å². The first-order chi connectivity index (χ1) is 10.1. The molecule has 4 heteroatoms. The highest BCUT2D eigenvalue weighted by Gasteiger charge is 2.12. The number of carbonyl (C=O) groups excluding carboxylic acids is 2. The minimum Gasteiger partial charge on any atom is -0.465 e. The lowest BCUT2D eigenvalue weighted by Gasteiger charge is -2.14. The molecule has 0 radical (unpaired) electrons. The van der Waals surface area contributed by atoms with E-state index in [1.54, 1.807) is 24.3 Å². The first-order valence-corrected chi connectivity index (χ1v) is 6.66. The van der Waals surface area contributed by atoms with Gasteiger partial charge >= 0.3 is 5.97 Å². The average molecular weight is 283 g/mol. The van der Waals surface area contributed by atoms with Crippen LogP contribution in [0, 0.1) is 0 Å². The molecule has 0 spiro atoms. The molecule has 1 atom stereocenters. The van der Waals surface area contributed by atoms with E-state index in [0.717, 1.165) is 5.56 Å². The number of methoxy groups -OCH3 is 1. The Bertz CT molecular complexity index is 620. The van der Waals surface area contributed by atoms with Crippen LogP contribution >= 0.6 is 0 Å². The maximum Gasteiger partial charge on any atom is 0.337 e. The SMILES string of the molecule is COC(=O)c1ccc(C(=O)N[C@@H](C)c2ccccc2)cc1. The maximum absolute atomic E-state index is 12.2. The Morgan fingerprint density at radius 3 is 2.10 bits per heavy atom. The van der Waals surface area contributed by atoms with Crippen LogP contribution in [0.5, 0.6) is 0 Å². The summed E-state index contributed by atoms with van der Waals surface area (Å²) < 4.78 is 4.62. The second-order valence-electron chi connectivity index (χ2n) is 4.67. The molecule has 1 N–H and O–H groups in total. The van der Waals surface area contributed by atoms with Crippen molar-refractivity contribution < 1.29 is 14.3 Å². The van der Waals surface area contributed by atoms with Crippen LogP contribution in [-0.2, 0) is 4.74 Å². The van der Waals surface area contributed by atoms with E-state index in [1.165, 1.54) is 7.11 Å². The number of ether oxygens (including phenoxy) is 1. The van der Waals surface area contributed by atoms with E-state index in [-0.39, 0.29) is 11.9 Å². The predicted octanol–water partition coefficient (Wildman–Crippen LogP) is 2.96. The molecule has 4 nitrogen and oxygen atoms in total. The maximum atomic E-state index is 12.2. The molecule has 2 aromatic rings. The molecule has 0 bridgehead atoms. The van der Waals surface area contributed by atoms with Gasteiger partial charge in [-0.3, -0.25) is 4.79 Å². The first kappa shape index (κ1) is 14.8. The number of hydrogen-bond donors (Lipinski definition) is 1. The van der Waals surface area contributed by atoms with Crippen LogP contribution in [-0.4, -0.2) is 19.0 Å². The number of amides is 1. The molecular weight excluding hydrogens is 266 g/mol. The van der Waals surface area contributed by atoms with E-state index in [4.69, 9.17) is 0 Å². The van der Waals surface area contributed by atoms with Crippen molar-refractivity contribution in [2.24, 2.45) is 0 Å². The highest BCUT2D eigenvalue weighted by Crippen LogP contribution is 2.13. The second-order valence-corrected chi connectivity index (χ2v) is 4.67. The van der Waals surface area contributed by atoms with Gasteiger partial charge < -0.3 is 10.1 Å². The van der Waals surface area contributed by atoms with E-state index in [0.29, 0.717) is 11.1 Å². The molecule has 0 unspecified atom stereocenters. The summed E-state index contributed by atoms with van der Waals surface area (Å²) in [5.41, 5.74) is 1.97. The van der Waals surface area contributed by atoms with Crippen LogP contribution in [0.1, 0.15) is 39.2 Å². The Labute approximate surface area is 123 Å². The van der Waals surface area contributed by atoms with Gasteiger partial charge in [0, 0.05) is 5.56 Å². The van der Waals surface area contributed by atoms with Crippen molar-refractivity contribution in [3.63, 3.8) is 0 Å². The molecule has 2 aromatic carbocycles. The van der Waals surface area contributed by atoms with E-state index in [9.17, 15) is 9.59 Å². The summed E-state index contributed by atoms with van der Waals surface area (Å²) in [5.74, 6) is -0.595. The molecule has 0 fully saturated rings. The van der Waals surface area contributed by atoms with Gasteiger partial charge in [-0.05, 0) is 36.8 Å². The van der Waals surface area contributed by atoms with Crippen LogP contribution in [0.2, 0.25) is 0 Å². The monoisotopic (exact) mass is 283 g/mol. The fraction of sp³-hybridized carbons (Fsp3) is 0.176. The van der Waals surface area contributed by atoms with Gasteiger partial charge in [0.05, 0.1) is 18.7 Å². The van der Waals surface area contributed by atoms with Crippen molar-refractivity contribution in [2.45, 2.75) is 13.0 Å². The number of hydrogen-bond acceptors (Lipinski definition) is 3. The fourth-order valence-electron chi connectivity index (χ4n) is 1.98. The minimum absolute atomic E-state index is 0.0843. The molecule has 2 rings (SSSR count). The molecule has 0 aliphatic rings. The normalized spacial score (nSPS) is 11.5. The number of esters is 1. The quantitative estimate of drug-likeness (QED) is 0.878. The predicted molar refractivity (Wildman–Crippen MR) is 80.1 cm³/mol. The molecule has 0 saturated carbocycles. The van der Waals surface area contributed by atoms with Gasteiger partial charge in [-0.1, -0.05) is 30.3 Å². The van der Waals surface area contributed by atoms with Gasteiger partial charge in [-0.2, -0.15) is 0 Å². The van der Waals surface area contributed by atoms with Crippen LogP contribution in [0.25, 0.3) is 0 Å². The number of carbonyl (C=O) groups is 2. The number of benzene rings is 2. The fourth-order valence-corrected chi connectivity index (χ4v) is 1.98. The molecule has 108 valence electrons. The van der Waals surface area contributed by atoms with Gasteiger partial charge in [-0.15, -0.1) is 0 Å². The average Bonchev–Trinajstić information content (AvgIpc) is 2.55. The standard InChI is InChI=1S/C17H17NO3/c1-12(13-6-4-3-5-7-13)18-16(19)14-8-10-15(11-9-14)17(20)21-2/h3-12H,1-2H3,(H,18,19)/t12-/m0/s1. The smallest absolute Gasteiger partial charge is 0.337 e. The second kappa shape index (κ2) is 6.70. The number of rotatable bonds is 4.